The first-order valence-electron chi connectivity index (χ1n) is 8.91. The highest BCUT2D eigenvalue weighted by atomic mass is 16.5. The summed E-state index contributed by atoms with van der Waals surface area (Å²) in [5.41, 5.74) is -0.0298. The van der Waals surface area contributed by atoms with Crippen LogP contribution in [0, 0.1) is 5.92 Å². The van der Waals surface area contributed by atoms with E-state index in [1.165, 1.54) is 0 Å². The van der Waals surface area contributed by atoms with Crippen LogP contribution >= 0.6 is 0 Å². The monoisotopic (exact) mass is 352 g/mol. The second-order valence-electron chi connectivity index (χ2n) is 7.44. The van der Waals surface area contributed by atoms with Crippen molar-refractivity contribution in [2.45, 2.75) is 39.2 Å². The average molecular weight is 352 g/mol. The Balaban J connectivity index is 1.78. The van der Waals surface area contributed by atoms with Crippen LogP contribution in [0.25, 0.3) is 0 Å². The first-order chi connectivity index (χ1) is 11.9. The lowest BCUT2D eigenvalue weighted by atomic mass is 9.94. The molecule has 1 aromatic heterocycles. The molecule has 1 aliphatic heterocycles. The first kappa shape index (κ1) is 19.7. The number of methoxy groups -OCH3 is 1. The van der Waals surface area contributed by atoms with Gasteiger partial charge in [0.2, 0.25) is 5.89 Å². The summed E-state index contributed by atoms with van der Waals surface area (Å²) in [6.07, 6.45) is 2.92. The fourth-order valence-electron chi connectivity index (χ4n) is 2.78. The molecule has 1 aliphatic rings. The van der Waals surface area contributed by atoms with E-state index in [9.17, 15) is 0 Å². The van der Waals surface area contributed by atoms with Crippen molar-refractivity contribution in [3.63, 3.8) is 0 Å². The third-order valence-electron chi connectivity index (χ3n) is 4.27. The SMILES string of the molecule is CN=C(NCc1ncc(C(C)(C)C)o1)N1CCC(COCCOC)C1. The number of hydrogen-bond donors (Lipinski definition) is 1. The number of guanidine groups is 1. The Hall–Kier alpha value is -1.60. The van der Waals surface area contributed by atoms with Crippen LogP contribution in [-0.4, -0.2) is 62.9 Å². The van der Waals surface area contributed by atoms with Crippen molar-refractivity contribution >= 4 is 5.96 Å². The molecular formula is C18H32N4O3. The van der Waals surface area contributed by atoms with E-state index < -0.39 is 0 Å². The maximum Gasteiger partial charge on any atom is 0.213 e. The van der Waals surface area contributed by atoms with E-state index in [1.54, 1.807) is 14.2 Å². The Morgan fingerprint density at radius 3 is 2.88 bits per heavy atom. The predicted octanol–water partition coefficient (Wildman–Crippen LogP) is 2.03. The average Bonchev–Trinajstić information content (AvgIpc) is 3.21. The number of oxazole rings is 1. The van der Waals surface area contributed by atoms with Gasteiger partial charge < -0.3 is 24.1 Å². The Morgan fingerprint density at radius 1 is 1.44 bits per heavy atom. The van der Waals surface area contributed by atoms with Gasteiger partial charge in [-0.25, -0.2) is 4.98 Å². The van der Waals surface area contributed by atoms with Gasteiger partial charge in [-0.15, -0.1) is 0 Å². The Kier molecular flexibility index (Phi) is 7.25. The number of hydrogen-bond acceptors (Lipinski definition) is 5. The molecule has 0 bridgehead atoms. The molecule has 1 N–H and O–H groups in total. The lowest BCUT2D eigenvalue weighted by molar-refractivity contribution is 0.0536. The van der Waals surface area contributed by atoms with Gasteiger partial charge in [-0.05, 0) is 6.42 Å². The van der Waals surface area contributed by atoms with E-state index in [-0.39, 0.29) is 5.41 Å². The zero-order valence-electron chi connectivity index (χ0n) is 16.2. The van der Waals surface area contributed by atoms with Gasteiger partial charge in [-0.3, -0.25) is 4.99 Å². The molecule has 2 rings (SSSR count). The molecule has 0 spiro atoms. The van der Waals surface area contributed by atoms with Crippen LogP contribution in [0.5, 0.6) is 0 Å². The van der Waals surface area contributed by atoms with Gasteiger partial charge in [-0.1, -0.05) is 20.8 Å². The van der Waals surface area contributed by atoms with E-state index in [0.717, 1.165) is 37.8 Å². The number of nitrogens with one attached hydrogen (secondary N) is 1. The lowest BCUT2D eigenvalue weighted by Crippen LogP contribution is -2.40. The van der Waals surface area contributed by atoms with Crippen LogP contribution in [-0.2, 0) is 21.4 Å². The van der Waals surface area contributed by atoms with Crippen molar-refractivity contribution in [3.8, 4) is 0 Å². The summed E-state index contributed by atoms with van der Waals surface area (Å²) in [6.45, 7) is 10.9. The largest absolute Gasteiger partial charge is 0.443 e. The molecule has 0 saturated carbocycles. The van der Waals surface area contributed by atoms with Gasteiger partial charge in [0.25, 0.3) is 0 Å². The highest BCUT2D eigenvalue weighted by molar-refractivity contribution is 5.80. The molecule has 142 valence electrons. The minimum atomic E-state index is -0.0298. The summed E-state index contributed by atoms with van der Waals surface area (Å²) >= 11 is 0. The maximum absolute atomic E-state index is 5.82. The van der Waals surface area contributed by atoms with Crippen LogP contribution in [0.1, 0.15) is 38.8 Å². The smallest absolute Gasteiger partial charge is 0.213 e. The molecule has 0 aliphatic carbocycles. The molecule has 0 aromatic carbocycles. The molecule has 1 aromatic rings. The van der Waals surface area contributed by atoms with Gasteiger partial charge in [0.1, 0.15) is 5.76 Å². The molecule has 25 heavy (non-hydrogen) atoms. The molecule has 0 amide bonds. The molecule has 1 fully saturated rings. The van der Waals surface area contributed by atoms with Crippen LogP contribution < -0.4 is 5.32 Å². The fraction of sp³-hybridized carbons (Fsp3) is 0.778. The van der Waals surface area contributed by atoms with E-state index in [0.29, 0.717) is 31.6 Å². The molecule has 2 heterocycles. The summed E-state index contributed by atoms with van der Waals surface area (Å²) in [5.74, 6) is 3.00. The van der Waals surface area contributed by atoms with E-state index >= 15 is 0 Å². The summed E-state index contributed by atoms with van der Waals surface area (Å²) < 4.78 is 16.5. The van der Waals surface area contributed by atoms with Gasteiger partial charge in [0, 0.05) is 38.6 Å². The van der Waals surface area contributed by atoms with Gasteiger partial charge in [0.05, 0.1) is 32.6 Å². The molecule has 1 saturated heterocycles. The topological polar surface area (TPSA) is 72.1 Å². The fourth-order valence-corrected chi connectivity index (χ4v) is 2.78. The van der Waals surface area contributed by atoms with Crippen molar-refractivity contribution in [1.29, 1.82) is 0 Å². The summed E-state index contributed by atoms with van der Waals surface area (Å²) in [4.78, 5) is 11.0. The van der Waals surface area contributed by atoms with E-state index in [4.69, 9.17) is 13.9 Å². The molecule has 7 nitrogen and oxygen atoms in total. The molecule has 1 unspecified atom stereocenters. The van der Waals surface area contributed by atoms with Crippen molar-refractivity contribution in [2.75, 3.05) is 47.1 Å². The first-order valence-corrected chi connectivity index (χ1v) is 8.91. The number of likely N-dealkylation sites (tertiary alicyclic amines) is 1. The quantitative estimate of drug-likeness (QED) is 0.460. The zero-order valence-corrected chi connectivity index (χ0v) is 16.2. The van der Waals surface area contributed by atoms with Gasteiger partial charge in [0.15, 0.2) is 5.96 Å². The third-order valence-corrected chi connectivity index (χ3v) is 4.27. The summed E-state index contributed by atoms with van der Waals surface area (Å²) in [6, 6.07) is 0. The van der Waals surface area contributed by atoms with Crippen LogP contribution in [0.4, 0.5) is 0 Å². The molecular weight excluding hydrogens is 320 g/mol. The Labute approximate surface area is 150 Å². The zero-order chi connectivity index (χ0) is 18.3. The standard InChI is InChI=1S/C18H32N4O3/c1-18(2,3)15-10-20-16(25-15)11-21-17(19-4)22-7-6-14(12-22)13-24-9-8-23-5/h10,14H,6-9,11-13H2,1-5H3,(H,19,21). The highest BCUT2D eigenvalue weighted by Crippen LogP contribution is 2.22. The Morgan fingerprint density at radius 2 is 2.24 bits per heavy atom. The molecule has 0 radical (unpaired) electrons. The van der Waals surface area contributed by atoms with Crippen LogP contribution in [0.3, 0.4) is 0 Å². The Bertz CT molecular complexity index is 551. The number of nitrogens with zero attached hydrogens (tertiary/aromatic N) is 3. The minimum absolute atomic E-state index is 0.0298. The third kappa shape index (κ3) is 6.01. The number of aromatic nitrogens is 1. The van der Waals surface area contributed by atoms with Crippen molar-refractivity contribution < 1.29 is 13.9 Å². The lowest BCUT2D eigenvalue weighted by Gasteiger charge is -2.21. The van der Waals surface area contributed by atoms with Gasteiger partial charge >= 0.3 is 0 Å². The molecule has 7 heteroatoms. The highest BCUT2D eigenvalue weighted by Gasteiger charge is 2.25. The van der Waals surface area contributed by atoms with E-state index in [2.05, 4.69) is 41.0 Å². The minimum Gasteiger partial charge on any atom is -0.443 e. The van der Waals surface area contributed by atoms with Gasteiger partial charge in [-0.2, -0.15) is 0 Å². The second-order valence-corrected chi connectivity index (χ2v) is 7.44. The van der Waals surface area contributed by atoms with Crippen LogP contribution in [0.15, 0.2) is 15.6 Å². The number of rotatable bonds is 7. The molecule has 1 atom stereocenters. The normalized spacial score (nSPS) is 18.8. The number of ether oxygens (including phenoxy) is 2. The number of aliphatic imine (C=N–C) groups is 1. The van der Waals surface area contributed by atoms with Crippen molar-refractivity contribution in [1.82, 2.24) is 15.2 Å². The van der Waals surface area contributed by atoms with Crippen molar-refractivity contribution in [3.05, 3.63) is 17.8 Å². The second kappa shape index (κ2) is 9.20. The summed E-state index contributed by atoms with van der Waals surface area (Å²) in [5, 5.41) is 3.35. The maximum atomic E-state index is 5.82. The van der Waals surface area contributed by atoms with Crippen molar-refractivity contribution in [2.24, 2.45) is 10.9 Å². The van der Waals surface area contributed by atoms with E-state index in [1.807, 2.05) is 6.20 Å². The van der Waals surface area contributed by atoms with Crippen LogP contribution in [0.2, 0.25) is 0 Å². The summed E-state index contributed by atoms with van der Waals surface area (Å²) in [7, 11) is 3.50. The predicted molar refractivity (Wildman–Crippen MR) is 97.8 cm³/mol.